The van der Waals surface area contributed by atoms with Crippen LogP contribution in [0, 0.1) is 11.8 Å². The zero-order valence-corrected chi connectivity index (χ0v) is 15.5. The molecule has 1 amide bonds. The molecule has 2 aliphatic rings. The summed E-state index contributed by atoms with van der Waals surface area (Å²) in [5, 5.41) is 3.02. The lowest BCUT2D eigenvalue weighted by molar-refractivity contribution is -0.117. The molecule has 1 aliphatic heterocycles. The van der Waals surface area contributed by atoms with E-state index in [2.05, 4.69) is 36.2 Å². The highest BCUT2D eigenvalue weighted by Crippen LogP contribution is 2.35. The summed E-state index contributed by atoms with van der Waals surface area (Å²) in [5.41, 5.74) is 8.42. The number of nitrogens with two attached hydrogens (primary N) is 1. The van der Waals surface area contributed by atoms with Gasteiger partial charge in [0.05, 0.1) is 6.54 Å². The van der Waals surface area contributed by atoms with E-state index in [9.17, 15) is 4.79 Å². The molecule has 1 heterocycles. The van der Waals surface area contributed by atoms with Gasteiger partial charge in [0.2, 0.25) is 5.91 Å². The maximum atomic E-state index is 12.3. The SMILES string of the molecule is CC(C)c1ccc(NC(=O)CN2CC3CCCC(N)C3C2)cc1.Cl. The second-order valence-corrected chi connectivity index (χ2v) is 7.54. The first-order valence-corrected chi connectivity index (χ1v) is 8.90. The van der Waals surface area contributed by atoms with Gasteiger partial charge in [0.1, 0.15) is 0 Å². The van der Waals surface area contributed by atoms with Crippen LogP contribution in [0.4, 0.5) is 5.69 Å². The van der Waals surface area contributed by atoms with Gasteiger partial charge in [-0.25, -0.2) is 0 Å². The number of anilines is 1. The molecule has 24 heavy (non-hydrogen) atoms. The highest BCUT2D eigenvalue weighted by molar-refractivity contribution is 5.92. The van der Waals surface area contributed by atoms with Crippen molar-refractivity contribution in [2.24, 2.45) is 17.6 Å². The Balaban J connectivity index is 0.00000208. The fraction of sp³-hybridized carbons (Fsp3) is 0.632. The van der Waals surface area contributed by atoms with Gasteiger partial charge in [0.15, 0.2) is 0 Å². The second-order valence-electron chi connectivity index (χ2n) is 7.54. The fourth-order valence-corrected chi connectivity index (χ4v) is 4.09. The van der Waals surface area contributed by atoms with Crippen LogP contribution in [-0.4, -0.2) is 36.5 Å². The van der Waals surface area contributed by atoms with Crippen LogP contribution in [0.5, 0.6) is 0 Å². The van der Waals surface area contributed by atoms with Gasteiger partial charge in [0, 0.05) is 24.8 Å². The van der Waals surface area contributed by atoms with Crippen LogP contribution in [0.2, 0.25) is 0 Å². The van der Waals surface area contributed by atoms with Crippen LogP contribution in [0.3, 0.4) is 0 Å². The number of carbonyl (C=O) groups excluding carboxylic acids is 1. The quantitative estimate of drug-likeness (QED) is 0.875. The van der Waals surface area contributed by atoms with E-state index in [4.69, 9.17) is 5.73 Å². The van der Waals surface area contributed by atoms with Crippen molar-refractivity contribution in [3.05, 3.63) is 29.8 Å². The maximum absolute atomic E-state index is 12.3. The standard InChI is InChI=1S/C19H29N3O.ClH/c1-13(2)14-6-8-16(9-7-14)21-19(23)12-22-10-15-4-3-5-18(20)17(15)11-22;/h6-9,13,15,17-18H,3-5,10-12,20H2,1-2H3,(H,21,23);1H. The molecule has 0 spiro atoms. The number of nitrogens with zero attached hydrogens (tertiary/aromatic N) is 1. The van der Waals surface area contributed by atoms with Crippen LogP contribution in [0.1, 0.15) is 44.6 Å². The zero-order valence-electron chi connectivity index (χ0n) is 14.7. The van der Waals surface area contributed by atoms with Gasteiger partial charge in [-0.15, -0.1) is 12.4 Å². The molecule has 3 unspecified atom stereocenters. The summed E-state index contributed by atoms with van der Waals surface area (Å²) in [5.74, 6) is 1.87. The molecule has 1 aromatic rings. The van der Waals surface area contributed by atoms with Gasteiger partial charge >= 0.3 is 0 Å². The molecule has 1 aromatic carbocycles. The number of hydrogen-bond acceptors (Lipinski definition) is 3. The number of benzene rings is 1. The van der Waals surface area contributed by atoms with Crippen molar-refractivity contribution in [1.29, 1.82) is 0 Å². The molecule has 0 aromatic heterocycles. The number of fused-ring (bicyclic) bond motifs is 1. The van der Waals surface area contributed by atoms with Crippen molar-refractivity contribution in [2.45, 2.75) is 45.1 Å². The average Bonchev–Trinajstić information content (AvgIpc) is 2.91. The van der Waals surface area contributed by atoms with Crippen LogP contribution in [0.15, 0.2) is 24.3 Å². The Morgan fingerprint density at radius 3 is 2.58 bits per heavy atom. The minimum Gasteiger partial charge on any atom is -0.327 e. The number of carbonyl (C=O) groups is 1. The van der Waals surface area contributed by atoms with E-state index in [-0.39, 0.29) is 18.3 Å². The normalized spacial score (nSPS) is 26.8. The van der Waals surface area contributed by atoms with Crippen molar-refractivity contribution >= 4 is 24.0 Å². The highest BCUT2D eigenvalue weighted by Gasteiger charge is 2.38. The zero-order chi connectivity index (χ0) is 16.4. The predicted octanol–water partition coefficient (Wildman–Crippen LogP) is 3.23. The van der Waals surface area contributed by atoms with Gasteiger partial charge in [-0.05, 0) is 48.3 Å². The molecule has 1 saturated carbocycles. The number of halogens is 1. The molecule has 2 fully saturated rings. The summed E-state index contributed by atoms with van der Waals surface area (Å²) in [6, 6.07) is 8.48. The Hall–Kier alpha value is -1.10. The Kier molecular flexibility index (Phi) is 6.67. The molecular formula is C19H30ClN3O. The minimum atomic E-state index is 0. The molecule has 1 aliphatic carbocycles. The third-order valence-electron chi connectivity index (χ3n) is 5.46. The lowest BCUT2D eigenvalue weighted by atomic mass is 9.78. The molecule has 134 valence electrons. The van der Waals surface area contributed by atoms with E-state index in [0.29, 0.717) is 30.3 Å². The summed E-state index contributed by atoms with van der Waals surface area (Å²) >= 11 is 0. The number of rotatable bonds is 4. The van der Waals surface area contributed by atoms with E-state index in [1.165, 1.54) is 18.4 Å². The molecule has 5 heteroatoms. The second kappa shape index (κ2) is 8.32. The molecule has 4 nitrogen and oxygen atoms in total. The van der Waals surface area contributed by atoms with Gasteiger partial charge in [-0.2, -0.15) is 0 Å². The first-order chi connectivity index (χ1) is 11.0. The molecule has 3 N–H and O–H groups in total. The Morgan fingerprint density at radius 2 is 1.96 bits per heavy atom. The van der Waals surface area contributed by atoms with Crippen molar-refractivity contribution < 1.29 is 4.79 Å². The first kappa shape index (κ1) is 19.2. The molecular weight excluding hydrogens is 322 g/mol. The van der Waals surface area contributed by atoms with E-state index in [1.54, 1.807) is 0 Å². The van der Waals surface area contributed by atoms with Crippen LogP contribution in [0.25, 0.3) is 0 Å². The van der Waals surface area contributed by atoms with Crippen molar-refractivity contribution in [3.63, 3.8) is 0 Å². The lowest BCUT2D eigenvalue weighted by Crippen LogP contribution is -2.38. The molecule has 0 radical (unpaired) electrons. The number of amides is 1. The van der Waals surface area contributed by atoms with Gasteiger partial charge in [0.25, 0.3) is 0 Å². The molecule has 3 rings (SSSR count). The Bertz CT molecular complexity index is 546. The fourth-order valence-electron chi connectivity index (χ4n) is 4.09. The lowest BCUT2D eigenvalue weighted by Gasteiger charge is -2.29. The summed E-state index contributed by atoms with van der Waals surface area (Å²) in [6.07, 6.45) is 3.65. The largest absolute Gasteiger partial charge is 0.327 e. The number of likely N-dealkylation sites (tertiary alicyclic amines) is 1. The van der Waals surface area contributed by atoms with E-state index < -0.39 is 0 Å². The van der Waals surface area contributed by atoms with Crippen LogP contribution >= 0.6 is 12.4 Å². The van der Waals surface area contributed by atoms with Crippen molar-refractivity contribution in [3.8, 4) is 0 Å². The number of nitrogens with one attached hydrogen (secondary N) is 1. The molecule has 1 saturated heterocycles. The van der Waals surface area contributed by atoms with Crippen molar-refractivity contribution in [2.75, 3.05) is 25.0 Å². The van der Waals surface area contributed by atoms with E-state index >= 15 is 0 Å². The van der Waals surface area contributed by atoms with E-state index in [0.717, 1.165) is 25.2 Å². The topological polar surface area (TPSA) is 58.4 Å². The summed E-state index contributed by atoms with van der Waals surface area (Å²) in [6.45, 7) is 6.82. The monoisotopic (exact) mass is 351 g/mol. The molecule has 0 bridgehead atoms. The molecule has 3 atom stereocenters. The Morgan fingerprint density at radius 1 is 1.25 bits per heavy atom. The smallest absolute Gasteiger partial charge is 0.238 e. The van der Waals surface area contributed by atoms with E-state index in [1.807, 2.05) is 12.1 Å². The van der Waals surface area contributed by atoms with Crippen LogP contribution in [-0.2, 0) is 4.79 Å². The average molecular weight is 352 g/mol. The van der Waals surface area contributed by atoms with Gasteiger partial charge < -0.3 is 11.1 Å². The Labute approximate surface area is 151 Å². The first-order valence-electron chi connectivity index (χ1n) is 8.90. The summed E-state index contributed by atoms with van der Waals surface area (Å²) in [4.78, 5) is 14.6. The van der Waals surface area contributed by atoms with Crippen LogP contribution < -0.4 is 11.1 Å². The van der Waals surface area contributed by atoms with Gasteiger partial charge in [-0.1, -0.05) is 32.4 Å². The van der Waals surface area contributed by atoms with Crippen molar-refractivity contribution in [1.82, 2.24) is 4.90 Å². The summed E-state index contributed by atoms with van der Waals surface area (Å²) in [7, 11) is 0. The third kappa shape index (κ3) is 4.50. The number of hydrogen-bond donors (Lipinski definition) is 2. The highest BCUT2D eigenvalue weighted by atomic mass is 35.5. The minimum absolute atomic E-state index is 0. The third-order valence-corrected chi connectivity index (χ3v) is 5.46. The maximum Gasteiger partial charge on any atom is 0.238 e. The predicted molar refractivity (Wildman–Crippen MR) is 102 cm³/mol. The summed E-state index contributed by atoms with van der Waals surface area (Å²) < 4.78 is 0. The van der Waals surface area contributed by atoms with Gasteiger partial charge in [-0.3, -0.25) is 9.69 Å².